The number of ether oxygens (including phenoxy) is 1. The van der Waals surface area contributed by atoms with Gasteiger partial charge in [-0.15, -0.1) is 11.3 Å². The van der Waals surface area contributed by atoms with E-state index in [1.807, 2.05) is 30.3 Å². The van der Waals surface area contributed by atoms with Crippen LogP contribution in [0, 0.1) is 0 Å². The summed E-state index contributed by atoms with van der Waals surface area (Å²) in [5, 5.41) is 20.7. The van der Waals surface area contributed by atoms with E-state index in [-0.39, 0.29) is 5.91 Å². The van der Waals surface area contributed by atoms with Crippen molar-refractivity contribution in [2.45, 2.75) is 6.10 Å². The highest BCUT2D eigenvalue weighted by atomic mass is 32.1. The highest BCUT2D eigenvalue weighted by Crippen LogP contribution is 2.29. The lowest BCUT2D eigenvalue weighted by atomic mass is 10.2. The van der Waals surface area contributed by atoms with E-state index in [4.69, 9.17) is 4.74 Å². The summed E-state index contributed by atoms with van der Waals surface area (Å²) < 4.78 is 6.24. The van der Waals surface area contributed by atoms with Crippen LogP contribution in [-0.4, -0.2) is 50.8 Å². The van der Waals surface area contributed by atoms with Crippen LogP contribution in [0.25, 0.3) is 10.1 Å². The summed E-state index contributed by atoms with van der Waals surface area (Å²) in [7, 11) is 3.25. The summed E-state index contributed by atoms with van der Waals surface area (Å²) in [4.78, 5) is 17.2. The van der Waals surface area contributed by atoms with Gasteiger partial charge in [0.2, 0.25) is 0 Å². The predicted octanol–water partition coefficient (Wildman–Crippen LogP) is 2.54. The van der Waals surface area contributed by atoms with Crippen LogP contribution in [0.3, 0.4) is 0 Å². The van der Waals surface area contributed by atoms with Crippen LogP contribution < -0.4 is 20.7 Å². The number of benzene rings is 2. The van der Waals surface area contributed by atoms with E-state index in [1.165, 1.54) is 0 Å². The number of aliphatic hydroxyl groups excluding tert-OH is 1. The lowest BCUT2D eigenvalue weighted by Gasteiger charge is -2.15. The Morgan fingerprint density at radius 1 is 1.10 bits per heavy atom. The molecule has 158 valence electrons. The minimum atomic E-state index is -0.629. The number of carbonyl (C=O) groups is 1. The molecule has 7 nitrogen and oxygen atoms in total. The first-order valence-electron chi connectivity index (χ1n) is 9.64. The smallest absolute Gasteiger partial charge is 0.251 e. The largest absolute Gasteiger partial charge is 0.497 e. The van der Waals surface area contributed by atoms with Crippen molar-refractivity contribution in [1.82, 2.24) is 16.0 Å². The number of thiophene rings is 1. The van der Waals surface area contributed by atoms with Crippen molar-refractivity contribution in [1.29, 1.82) is 0 Å². The lowest BCUT2D eigenvalue weighted by molar-refractivity contribution is 0.0954. The van der Waals surface area contributed by atoms with E-state index in [9.17, 15) is 9.90 Å². The highest BCUT2D eigenvalue weighted by Gasteiger charge is 2.12. The molecule has 0 spiro atoms. The van der Waals surface area contributed by atoms with Gasteiger partial charge in [0.25, 0.3) is 5.91 Å². The van der Waals surface area contributed by atoms with Crippen molar-refractivity contribution in [3.05, 3.63) is 65.0 Å². The zero-order valence-electron chi connectivity index (χ0n) is 17.0. The zero-order chi connectivity index (χ0) is 21.3. The molecule has 1 amide bonds. The molecule has 30 heavy (non-hydrogen) atoms. The molecule has 0 fully saturated rings. The Morgan fingerprint density at radius 3 is 2.53 bits per heavy atom. The van der Waals surface area contributed by atoms with Gasteiger partial charge in [0, 0.05) is 41.8 Å². The van der Waals surface area contributed by atoms with Crippen molar-refractivity contribution in [2.75, 3.05) is 33.8 Å². The number of nitrogens with zero attached hydrogens (tertiary/aromatic N) is 1. The van der Waals surface area contributed by atoms with E-state index < -0.39 is 6.10 Å². The van der Waals surface area contributed by atoms with Gasteiger partial charge in [-0.1, -0.05) is 18.2 Å². The fourth-order valence-corrected chi connectivity index (χ4v) is 3.93. The Morgan fingerprint density at radius 2 is 1.83 bits per heavy atom. The number of aliphatic hydroxyl groups is 1. The average molecular weight is 427 g/mol. The van der Waals surface area contributed by atoms with Crippen LogP contribution in [0.5, 0.6) is 5.75 Å². The number of fused-ring (bicyclic) bond motifs is 1. The number of carbonyl (C=O) groups excluding carboxylic acids is 1. The van der Waals surface area contributed by atoms with Gasteiger partial charge in [-0.05, 0) is 41.8 Å². The average Bonchev–Trinajstić information content (AvgIpc) is 3.22. The van der Waals surface area contributed by atoms with Gasteiger partial charge < -0.3 is 25.8 Å². The monoisotopic (exact) mass is 426 g/mol. The first kappa shape index (κ1) is 21.6. The summed E-state index contributed by atoms with van der Waals surface area (Å²) >= 11 is 1.58. The van der Waals surface area contributed by atoms with Gasteiger partial charge >= 0.3 is 0 Å². The summed E-state index contributed by atoms with van der Waals surface area (Å²) in [5.74, 6) is 1.12. The number of guanidine groups is 1. The number of hydrogen-bond donors (Lipinski definition) is 4. The van der Waals surface area contributed by atoms with Gasteiger partial charge in [-0.3, -0.25) is 9.79 Å². The molecule has 3 aromatic rings. The van der Waals surface area contributed by atoms with E-state index in [2.05, 4.69) is 20.9 Å². The van der Waals surface area contributed by atoms with Crippen molar-refractivity contribution in [3.8, 4) is 5.75 Å². The van der Waals surface area contributed by atoms with Gasteiger partial charge in [-0.25, -0.2) is 0 Å². The summed E-state index contributed by atoms with van der Waals surface area (Å²) in [6.07, 6.45) is -0.629. The van der Waals surface area contributed by atoms with Crippen molar-refractivity contribution in [2.24, 2.45) is 4.99 Å². The van der Waals surface area contributed by atoms with Gasteiger partial charge in [0.05, 0.1) is 7.11 Å². The number of amides is 1. The molecule has 0 saturated heterocycles. The molecule has 0 bridgehead atoms. The molecule has 2 aromatic carbocycles. The van der Waals surface area contributed by atoms with Crippen LogP contribution in [-0.2, 0) is 0 Å². The molecule has 1 heterocycles. The minimum absolute atomic E-state index is 0.150. The van der Waals surface area contributed by atoms with E-state index in [0.717, 1.165) is 15.0 Å². The molecule has 0 aliphatic heterocycles. The number of rotatable bonds is 8. The third-order valence-electron chi connectivity index (χ3n) is 4.51. The van der Waals surface area contributed by atoms with Crippen LogP contribution >= 0.6 is 11.3 Å². The first-order valence-corrected chi connectivity index (χ1v) is 10.5. The fourth-order valence-electron chi connectivity index (χ4n) is 2.88. The van der Waals surface area contributed by atoms with Crippen LogP contribution in [0.4, 0.5) is 0 Å². The Balaban J connectivity index is 1.40. The van der Waals surface area contributed by atoms with Crippen molar-refractivity contribution < 1.29 is 14.6 Å². The van der Waals surface area contributed by atoms with Crippen LogP contribution in [0.2, 0.25) is 0 Å². The second-order valence-electron chi connectivity index (χ2n) is 6.57. The van der Waals surface area contributed by atoms with Crippen molar-refractivity contribution >= 4 is 33.3 Å². The maximum Gasteiger partial charge on any atom is 0.251 e. The Kier molecular flexibility index (Phi) is 7.64. The van der Waals surface area contributed by atoms with Gasteiger partial charge in [0.1, 0.15) is 11.9 Å². The Hall–Kier alpha value is -3.10. The number of aliphatic imine (C=N–C) groups is 1. The quantitative estimate of drug-likeness (QED) is 0.252. The molecule has 0 saturated carbocycles. The van der Waals surface area contributed by atoms with Gasteiger partial charge in [0.15, 0.2) is 5.96 Å². The summed E-state index contributed by atoms with van der Waals surface area (Å²) in [5.41, 5.74) is 0.574. The molecule has 0 aliphatic rings. The van der Waals surface area contributed by atoms with E-state index in [1.54, 1.807) is 49.8 Å². The Labute approximate surface area is 179 Å². The molecule has 1 atom stereocenters. The summed E-state index contributed by atoms with van der Waals surface area (Å²) in [6, 6.07) is 17.0. The normalized spacial score (nSPS) is 12.4. The minimum Gasteiger partial charge on any atom is -0.497 e. The SMILES string of the molecule is CN=C(NCCNC(=O)c1ccc(OC)cc1)NCC(O)c1cc2ccccc2s1. The molecule has 4 N–H and O–H groups in total. The number of nitrogens with one attached hydrogen (secondary N) is 3. The standard InChI is InChI=1S/C22H26N4O3S/c1-23-22(25-12-11-24-21(28)15-7-9-17(29-2)10-8-15)26-14-18(27)20-13-16-5-3-4-6-19(16)30-20/h3-10,13,18,27H,11-12,14H2,1-2H3,(H,24,28)(H2,23,25,26). The first-order chi connectivity index (χ1) is 14.6. The van der Waals surface area contributed by atoms with E-state index in [0.29, 0.717) is 36.9 Å². The van der Waals surface area contributed by atoms with E-state index >= 15 is 0 Å². The molecule has 1 aromatic heterocycles. The topological polar surface area (TPSA) is 95.0 Å². The second-order valence-corrected chi connectivity index (χ2v) is 7.68. The fraction of sp³-hybridized carbons (Fsp3) is 0.273. The maximum absolute atomic E-state index is 12.1. The van der Waals surface area contributed by atoms with Crippen LogP contribution in [0.15, 0.2) is 59.6 Å². The van der Waals surface area contributed by atoms with Gasteiger partial charge in [-0.2, -0.15) is 0 Å². The second kappa shape index (κ2) is 10.6. The molecule has 1 unspecified atom stereocenters. The number of methoxy groups -OCH3 is 1. The maximum atomic E-state index is 12.1. The predicted molar refractivity (Wildman–Crippen MR) is 121 cm³/mol. The molecule has 0 radical (unpaired) electrons. The number of hydrogen-bond acceptors (Lipinski definition) is 5. The zero-order valence-corrected chi connectivity index (χ0v) is 17.8. The van der Waals surface area contributed by atoms with Crippen molar-refractivity contribution in [3.63, 3.8) is 0 Å². The third-order valence-corrected chi connectivity index (χ3v) is 5.73. The van der Waals surface area contributed by atoms with Crippen LogP contribution in [0.1, 0.15) is 21.3 Å². The molecule has 3 rings (SSSR count). The highest BCUT2D eigenvalue weighted by molar-refractivity contribution is 7.19. The molecular weight excluding hydrogens is 400 g/mol. The molecule has 0 aliphatic carbocycles. The summed E-state index contributed by atoms with van der Waals surface area (Å²) in [6.45, 7) is 1.27. The lowest BCUT2D eigenvalue weighted by Crippen LogP contribution is -2.42. The molecule has 8 heteroatoms. The third kappa shape index (κ3) is 5.71. The molecular formula is C22H26N4O3S. The Bertz CT molecular complexity index is 968.